The molecule has 3 N–H and O–H groups in total. The molecule has 4 nitrogen and oxygen atoms in total. The summed E-state index contributed by atoms with van der Waals surface area (Å²) >= 11 is 0. The normalized spacial score (nSPS) is 10.2. The van der Waals surface area contributed by atoms with Gasteiger partial charge in [0, 0.05) is 38.3 Å². The first kappa shape index (κ1) is 20.2. The summed E-state index contributed by atoms with van der Waals surface area (Å²) in [5.41, 5.74) is 7.83. The first-order chi connectivity index (χ1) is 11.3. The van der Waals surface area contributed by atoms with Gasteiger partial charge in [0.05, 0.1) is 0 Å². The number of nitrogens with two attached hydrogens (primary N) is 1. The van der Waals surface area contributed by atoms with Crippen molar-refractivity contribution in [3.63, 3.8) is 0 Å². The Labute approximate surface area is 150 Å². The number of rotatable bonds is 9. The Balaban J connectivity index is 0.00000288. The molecule has 0 unspecified atom stereocenters. The van der Waals surface area contributed by atoms with E-state index in [1.165, 1.54) is 5.56 Å². The van der Waals surface area contributed by atoms with Gasteiger partial charge < -0.3 is 16.0 Å². The van der Waals surface area contributed by atoms with Gasteiger partial charge in [0.15, 0.2) is 0 Å². The molecule has 2 aromatic rings. The zero-order valence-corrected chi connectivity index (χ0v) is 14.7. The second kappa shape index (κ2) is 11.6. The number of para-hydroxylation sites is 1. The monoisotopic (exact) mass is 347 g/mol. The molecule has 2 rings (SSSR count). The highest BCUT2D eigenvalue weighted by Gasteiger charge is 2.08. The first-order valence-electron chi connectivity index (χ1n) is 8.09. The zero-order chi connectivity index (χ0) is 16.3. The number of nitrogens with zero attached hydrogens (tertiary/aromatic N) is 1. The number of anilines is 1. The van der Waals surface area contributed by atoms with Crippen LogP contribution in [0.4, 0.5) is 5.69 Å². The van der Waals surface area contributed by atoms with Crippen LogP contribution in [-0.2, 0) is 11.2 Å². The third-order valence-corrected chi connectivity index (χ3v) is 3.72. The number of halogens is 1. The fraction of sp³-hybridized carbons (Fsp3) is 0.316. The molecule has 0 aliphatic rings. The molecule has 2 aromatic carbocycles. The maximum absolute atomic E-state index is 12.0. The zero-order valence-electron chi connectivity index (χ0n) is 13.9. The molecule has 0 heterocycles. The van der Waals surface area contributed by atoms with Crippen LogP contribution < -0.4 is 11.1 Å². The fourth-order valence-corrected chi connectivity index (χ4v) is 2.45. The summed E-state index contributed by atoms with van der Waals surface area (Å²) in [4.78, 5) is 14.3. The van der Waals surface area contributed by atoms with E-state index in [1.54, 1.807) is 0 Å². The maximum atomic E-state index is 12.0. The molecule has 0 aliphatic carbocycles. The minimum atomic E-state index is 0. The molecule has 0 bridgehead atoms. The van der Waals surface area contributed by atoms with Crippen molar-refractivity contribution < 1.29 is 4.79 Å². The van der Waals surface area contributed by atoms with Crippen molar-refractivity contribution in [3.05, 3.63) is 66.2 Å². The van der Waals surface area contributed by atoms with Crippen LogP contribution in [0.3, 0.4) is 0 Å². The molecule has 0 radical (unpaired) electrons. The van der Waals surface area contributed by atoms with Gasteiger partial charge in [-0.3, -0.25) is 4.79 Å². The Bertz CT molecular complexity index is 578. The van der Waals surface area contributed by atoms with Gasteiger partial charge in [-0.2, -0.15) is 0 Å². The summed E-state index contributed by atoms with van der Waals surface area (Å²) in [6, 6.07) is 19.9. The first-order valence-corrected chi connectivity index (χ1v) is 8.09. The van der Waals surface area contributed by atoms with Crippen LogP contribution >= 0.6 is 12.4 Å². The van der Waals surface area contributed by atoms with Crippen LogP contribution in [0.1, 0.15) is 12.0 Å². The number of benzene rings is 2. The number of carbonyl (C=O) groups excluding carboxylic acids is 1. The molecule has 0 aliphatic heterocycles. The molecule has 24 heavy (non-hydrogen) atoms. The van der Waals surface area contributed by atoms with E-state index < -0.39 is 0 Å². The summed E-state index contributed by atoms with van der Waals surface area (Å²) in [5, 5.41) is 2.92. The van der Waals surface area contributed by atoms with Crippen LogP contribution in [0.25, 0.3) is 0 Å². The second-order valence-electron chi connectivity index (χ2n) is 5.53. The highest BCUT2D eigenvalue weighted by atomic mass is 35.5. The number of amides is 1. The van der Waals surface area contributed by atoms with E-state index in [2.05, 4.69) is 34.5 Å². The highest BCUT2D eigenvalue weighted by molar-refractivity contribution is 5.90. The van der Waals surface area contributed by atoms with Crippen LogP contribution in [0.5, 0.6) is 0 Å². The van der Waals surface area contributed by atoms with Crippen molar-refractivity contribution in [1.29, 1.82) is 0 Å². The molecule has 5 heteroatoms. The Hall–Kier alpha value is -1.88. The molecule has 0 atom stereocenters. The lowest BCUT2D eigenvalue weighted by atomic mass is 10.1. The van der Waals surface area contributed by atoms with Crippen LogP contribution in [0.15, 0.2) is 60.7 Å². The summed E-state index contributed by atoms with van der Waals surface area (Å²) in [6.45, 7) is 3.06. The molecule has 1 amide bonds. The average Bonchev–Trinajstić information content (AvgIpc) is 2.59. The Kier molecular flexibility index (Phi) is 9.77. The molecule has 0 aromatic heterocycles. The van der Waals surface area contributed by atoms with Crippen LogP contribution in [0, 0.1) is 0 Å². The third-order valence-electron chi connectivity index (χ3n) is 3.72. The second-order valence-corrected chi connectivity index (χ2v) is 5.53. The summed E-state index contributed by atoms with van der Waals surface area (Å²) in [7, 11) is 0. The summed E-state index contributed by atoms with van der Waals surface area (Å²) in [6.07, 6.45) is 1.45. The maximum Gasteiger partial charge on any atom is 0.225 e. The lowest BCUT2D eigenvalue weighted by molar-refractivity contribution is -0.116. The van der Waals surface area contributed by atoms with Gasteiger partial charge in [0.2, 0.25) is 5.91 Å². The predicted molar refractivity (Wildman–Crippen MR) is 103 cm³/mol. The van der Waals surface area contributed by atoms with Crippen molar-refractivity contribution in [2.45, 2.75) is 12.8 Å². The van der Waals surface area contributed by atoms with E-state index in [4.69, 9.17) is 5.73 Å². The fourth-order valence-electron chi connectivity index (χ4n) is 2.45. The van der Waals surface area contributed by atoms with E-state index in [1.807, 2.05) is 36.4 Å². The van der Waals surface area contributed by atoms with Crippen molar-refractivity contribution in [2.75, 3.05) is 31.5 Å². The Morgan fingerprint density at radius 3 is 2.17 bits per heavy atom. The Morgan fingerprint density at radius 1 is 0.917 bits per heavy atom. The van der Waals surface area contributed by atoms with Crippen molar-refractivity contribution in [2.24, 2.45) is 5.73 Å². The van der Waals surface area contributed by atoms with Gasteiger partial charge in [-0.25, -0.2) is 0 Å². The van der Waals surface area contributed by atoms with Crippen molar-refractivity contribution in [1.82, 2.24) is 4.90 Å². The average molecular weight is 348 g/mol. The largest absolute Gasteiger partial charge is 0.329 e. The third kappa shape index (κ3) is 7.59. The number of hydrogen-bond donors (Lipinski definition) is 2. The number of nitrogens with one attached hydrogen (secondary N) is 1. The molecule has 0 saturated carbocycles. The quantitative estimate of drug-likeness (QED) is 0.733. The molecule has 0 spiro atoms. The minimum absolute atomic E-state index is 0. The number of hydrogen-bond acceptors (Lipinski definition) is 3. The standard InChI is InChI=1S/C19H25N3O.ClH/c20-13-16-22(14-11-17-7-3-1-4-8-17)15-12-19(23)21-18-9-5-2-6-10-18;/h1-10H,11-16,20H2,(H,21,23);1H. The van der Waals surface area contributed by atoms with Gasteiger partial charge in [0.25, 0.3) is 0 Å². The van der Waals surface area contributed by atoms with Crippen molar-refractivity contribution in [3.8, 4) is 0 Å². The van der Waals surface area contributed by atoms with Gasteiger partial charge in [-0.15, -0.1) is 12.4 Å². The van der Waals surface area contributed by atoms with Gasteiger partial charge in [-0.05, 0) is 24.1 Å². The van der Waals surface area contributed by atoms with Gasteiger partial charge in [0.1, 0.15) is 0 Å². The topological polar surface area (TPSA) is 58.4 Å². The minimum Gasteiger partial charge on any atom is -0.329 e. The molecule has 130 valence electrons. The van der Waals surface area contributed by atoms with E-state index in [0.717, 1.165) is 31.7 Å². The van der Waals surface area contributed by atoms with E-state index in [-0.39, 0.29) is 18.3 Å². The summed E-state index contributed by atoms with van der Waals surface area (Å²) in [5.74, 6) is 0.0398. The van der Waals surface area contributed by atoms with Gasteiger partial charge in [-0.1, -0.05) is 48.5 Å². The molecular weight excluding hydrogens is 322 g/mol. The smallest absolute Gasteiger partial charge is 0.225 e. The number of carbonyl (C=O) groups is 1. The van der Waals surface area contributed by atoms with Crippen LogP contribution in [-0.4, -0.2) is 37.0 Å². The predicted octanol–water partition coefficient (Wildman–Crippen LogP) is 2.94. The molecule has 0 saturated heterocycles. The van der Waals surface area contributed by atoms with Crippen molar-refractivity contribution >= 4 is 24.0 Å². The summed E-state index contributed by atoms with van der Waals surface area (Å²) < 4.78 is 0. The highest BCUT2D eigenvalue weighted by Crippen LogP contribution is 2.06. The van der Waals surface area contributed by atoms with E-state index in [0.29, 0.717) is 13.0 Å². The van der Waals surface area contributed by atoms with E-state index >= 15 is 0 Å². The van der Waals surface area contributed by atoms with Crippen LogP contribution in [0.2, 0.25) is 0 Å². The molecular formula is C19H26ClN3O. The Morgan fingerprint density at radius 2 is 1.54 bits per heavy atom. The van der Waals surface area contributed by atoms with Gasteiger partial charge >= 0.3 is 0 Å². The lowest BCUT2D eigenvalue weighted by Crippen LogP contribution is -2.34. The van der Waals surface area contributed by atoms with E-state index in [9.17, 15) is 4.79 Å². The lowest BCUT2D eigenvalue weighted by Gasteiger charge is -2.21. The molecule has 0 fully saturated rings. The SMILES string of the molecule is Cl.NCCN(CCC(=O)Nc1ccccc1)CCc1ccccc1.